The molecule has 0 unspecified atom stereocenters. The van der Waals surface area contributed by atoms with Gasteiger partial charge in [-0.2, -0.15) is 10.2 Å². The van der Waals surface area contributed by atoms with E-state index in [4.69, 9.17) is 15.0 Å². The molecule has 1 fully saturated rings. The number of hydrogen-bond acceptors (Lipinski definition) is 4. The third-order valence-electron chi connectivity index (χ3n) is 7.69. The summed E-state index contributed by atoms with van der Waals surface area (Å²) in [4.78, 5) is 11.9. The van der Waals surface area contributed by atoms with Crippen LogP contribution in [0.4, 0.5) is 0 Å². The summed E-state index contributed by atoms with van der Waals surface area (Å²) in [6, 6.07) is 16.6. The Morgan fingerprint density at radius 3 is 2.21 bits per heavy atom. The van der Waals surface area contributed by atoms with Gasteiger partial charge in [-0.3, -0.25) is 0 Å². The van der Waals surface area contributed by atoms with Crippen molar-refractivity contribution in [3.8, 4) is 0 Å². The molecule has 2 aliphatic carbocycles. The second-order valence-corrected chi connectivity index (χ2v) is 9.09. The quantitative estimate of drug-likeness (QED) is 0.511. The number of carbonyl (C=O) groups excluding carboxylic acids is 1. The molecular weight excluding hydrogens is 360 g/mol. The van der Waals surface area contributed by atoms with E-state index < -0.39 is 5.54 Å². The molecule has 3 aliphatic rings. The molecule has 29 heavy (non-hydrogen) atoms. The van der Waals surface area contributed by atoms with Gasteiger partial charge in [-0.05, 0) is 36.6 Å². The zero-order valence-corrected chi connectivity index (χ0v) is 17.3. The molecular formula is C25H26N2O2. The van der Waals surface area contributed by atoms with Crippen molar-refractivity contribution in [2.45, 2.75) is 38.3 Å². The molecule has 2 aromatic carbocycles. The van der Waals surface area contributed by atoms with Crippen LogP contribution >= 0.6 is 0 Å². The van der Waals surface area contributed by atoms with E-state index >= 15 is 0 Å². The number of aryl methyl sites for hydroxylation is 1. The maximum absolute atomic E-state index is 11.9. The molecule has 1 heterocycles. The zero-order valence-electron chi connectivity index (χ0n) is 17.3. The summed E-state index contributed by atoms with van der Waals surface area (Å²) in [5.41, 5.74) is 3.18. The minimum Gasteiger partial charge on any atom is -0.465 e. The number of nitrogens with zero attached hydrogens (tertiary/aromatic N) is 2. The molecule has 1 saturated carbocycles. The normalized spacial score (nSPS) is 33.1. The lowest BCUT2D eigenvalue weighted by Gasteiger charge is -2.41. The number of allylic oxidation sites excluding steroid dienone is 1. The van der Waals surface area contributed by atoms with Crippen LogP contribution in [0.1, 0.15) is 47.3 Å². The highest BCUT2D eigenvalue weighted by Crippen LogP contribution is 2.76. The van der Waals surface area contributed by atoms with Crippen molar-refractivity contribution in [2.24, 2.45) is 27.5 Å². The molecule has 1 aliphatic heterocycles. The van der Waals surface area contributed by atoms with Crippen LogP contribution < -0.4 is 0 Å². The molecule has 0 amide bonds. The van der Waals surface area contributed by atoms with Gasteiger partial charge in [-0.1, -0.05) is 68.0 Å². The van der Waals surface area contributed by atoms with Gasteiger partial charge in [0, 0.05) is 17.3 Å². The maximum Gasteiger partial charge on any atom is 0.337 e. The van der Waals surface area contributed by atoms with Gasteiger partial charge in [0.15, 0.2) is 0 Å². The number of hydrogen-bond donors (Lipinski definition) is 0. The number of rotatable bonds is 3. The summed E-state index contributed by atoms with van der Waals surface area (Å²) in [5, 5.41) is 10.1. The molecule has 148 valence electrons. The largest absolute Gasteiger partial charge is 0.465 e. The first kappa shape index (κ1) is 18.3. The van der Waals surface area contributed by atoms with Crippen LogP contribution in [0.5, 0.6) is 0 Å². The molecule has 2 bridgehead atoms. The third-order valence-corrected chi connectivity index (χ3v) is 7.69. The van der Waals surface area contributed by atoms with Gasteiger partial charge in [0.1, 0.15) is 11.1 Å². The molecule has 0 spiro atoms. The SMILES string of the molecule is COC(=O)c1ccc([C@@]23N=N[C@@](c4ccc(C)cc4)([C@H]4CC=C[C@H]42)C3(C)C)cc1. The van der Waals surface area contributed by atoms with Gasteiger partial charge in [0.25, 0.3) is 0 Å². The fourth-order valence-electron chi connectivity index (χ4n) is 6.26. The standard InChI is InChI=1S/C25H26N2O2/c1-16-8-12-18(13-9-16)24-20-6-5-7-21(20)25(27-26-24,23(24,2)3)19-14-10-17(11-15-19)22(28)29-4/h5,7-15,20-21H,6H2,1-4H3/t20-,21+,24-,25+/m0/s1. The summed E-state index contributed by atoms with van der Waals surface area (Å²) in [5.74, 6) is 0.360. The first-order valence-corrected chi connectivity index (χ1v) is 10.3. The Balaban J connectivity index is 1.69. The van der Waals surface area contributed by atoms with Gasteiger partial charge in [0.2, 0.25) is 0 Å². The van der Waals surface area contributed by atoms with Crippen LogP contribution in [-0.4, -0.2) is 13.1 Å². The molecule has 4 heteroatoms. The van der Waals surface area contributed by atoms with Crippen molar-refractivity contribution in [1.29, 1.82) is 0 Å². The number of azo groups is 1. The minimum absolute atomic E-state index is 0.206. The van der Waals surface area contributed by atoms with Crippen LogP contribution in [0.15, 0.2) is 70.9 Å². The number of carbonyl (C=O) groups is 1. The Hall–Kier alpha value is -2.75. The topological polar surface area (TPSA) is 51.0 Å². The van der Waals surface area contributed by atoms with Crippen LogP contribution in [-0.2, 0) is 15.8 Å². The Morgan fingerprint density at radius 1 is 0.966 bits per heavy atom. The van der Waals surface area contributed by atoms with Gasteiger partial charge < -0.3 is 4.74 Å². The van der Waals surface area contributed by atoms with Crippen molar-refractivity contribution < 1.29 is 9.53 Å². The third kappa shape index (κ3) is 2.02. The molecule has 5 rings (SSSR count). The number of esters is 1. The molecule has 0 radical (unpaired) electrons. The Bertz CT molecular complexity index is 1040. The highest BCUT2D eigenvalue weighted by atomic mass is 16.5. The van der Waals surface area contributed by atoms with E-state index in [9.17, 15) is 4.79 Å². The molecule has 0 aromatic heterocycles. The first-order chi connectivity index (χ1) is 13.9. The van der Waals surface area contributed by atoms with E-state index in [-0.39, 0.29) is 16.9 Å². The van der Waals surface area contributed by atoms with E-state index in [1.165, 1.54) is 18.2 Å². The lowest BCUT2D eigenvalue weighted by molar-refractivity contribution is 0.0600. The van der Waals surface area contributed by atoms with Crippen LogP contribution in [0.2, 0.25) is 0 Å². The highest BCUT2D eigenvalue weighted by molar-refractivity contribution is 5.89. The summed E-state index contributed by atoms with van der Waals surface area (Å²) in [7, 11) is 1.41. The number of ether oxygens (including phenoxy) is 1. The fraction of sp³-hybridized carbons (Fsp3) is 0.400. The van der Waals surface area contributed by atoms with E-state index in [2.05, 4.69) is 57.2 Å². The fourth-order valence-corrected chi connectivity index (χ4v) is 6.26. The van der Waals surface area contributed by atoms with Gasteiger partial charge in [-0.25, -0.2) is 4.79 Å². The highest BCUT2D eigenvalue weighted by Gasteiger charge is 2.77. The predicted octanol–water partition coefficient (Wildman–Crippen LogP) is 5.57. The second-order valence-electron chi connectivity index (χ2n) is 9.09. The predicted molar refractivity (Wildman–Crippen MR) is 112 cm³/mol. The Morgan fingerprint density at radius 2 is 1.55 bits per heavy atom. The van der Waals surface area contributed by atoms with Crippen LogP contribution in [0, 0.1) is 24.2 Å². The van der Waals surface area contributed by atoms with Crippen molar-refractivity contribution in [3.05, 3.63) is 82.9 Å². The minimum atomic E-state index is -0.440. The lowest BCUT2D eigenvalue weighted by Crippen LogP contribution is -2.44. The summed E-state index contributed by atoms with van der Waals surface area (Å²) in [6.07, 6.45) is 5.65. The van der Waals surface area contributed by atoms with Crippen molar-refractivity contribution in [2.75, 3.05) is 7.11 Å². The van der Waals surface area contributed by atoms with Crippen molar-refractivity contribution >= 4 is 5.97 Å². The number of fused-ring (bicyclic) bond motifs is 5. The maximum atomic E-state index is 11.9. The first-order valence-electron chi connectivity index (χ1n) is 10.3. The van der Waals surface area contributed by atoms with Crippen molar-refractivity contribution in [3.63, 3.8) is 0 Å². The van der Waals surface area contributed by atoms with Gasteiger partial charge in [-0.15, -0.1) is 0 Å². The molecule has 4 atom stereocenters. The van der Waals surface area contributed by atoms with E-state index in [1.54, 1.807) is 0 Å². The van der Waals surface area contributed by atoms with Crippen molar-refractivity contribution in [1.82, 2.24) is 0 Å². The van der Waals surface area contributed by atoms with E-state index in [0.29, 0.717) is 17.4 Å². The van der Waals surface area contributed by atoms with E-state index in [1.807, 2.05) is 24.3 Å². The number of methoxy groups -OCH3 is 1. The van der Waals surface area contributed by atoms with E-state index in [0.717, 1.165) is 12.0 Å². The average Bonchev–Trinajstić information content (AvgIpc) is 3.35. The number of benzene rings is 2. The molecule has 4 nitrogen and oxygen atoms in total. The van der Waals surface area contributed by atoms with Gasteiger partial charge >= 0.3 is 5.97 Å². The van der Waals surface area contributed by atoms with Gasteiger partial charge in [0.05, 0.1) is 12.7 Å². The average molecular weight is 386 g/mol. The lowest BCUT2D eigenvalue weighted by atomic mass is 9.61. The van der Waals surface area contributed by atoms with Crippen LogP contribution in [0.25, 0.3) is 0 Å². The Kier molecular flexibility index (Phi) is 3.71. The molecule has 0 N–H and O–H groups in total. The monoisotopic (exact) mass is 386 g/mol. The zero-order chi connectivity index (χ0) is 20.4. The molecule has 0 saturated heterocycles. The Labute approximate surface area is 171 Å². The second kappa shape index (κ2) is 5.88. The molecule has 2 aromatic rings. The smallest absolute Gasteiger partial charge is 0.337 e. The van der Waals surface area contributed by atoms with Crippen LogP contribution in [0.3, 0.4) is 0 Å². The summed E-state index contributed by atoms with van der Waals surface area (Å²) >= 11 is 0. The summed E-state index contributed by atoms with van der Waals surface area (Å²) < 4.78 is 4.86. The summed E-state index contributed by atoms with van der Waals surface area (Å²) in [6.45, 7) is 6.74.